The maximum atomic E-state index is 13.5. The first-order chi connectivity index (χ1) is 12.3. The number of rotatable bonds is 4. The number of sulfonamides is 1. The van der Waals surface area contributed by atoms with E-state index >= 15 is 0 Å². The van der Waals surface area contributed by atoms with Crippen LogP contribution in [0.5, 0.6) is 0 Å². The van der Waals surface area contributed by atoms with Crippen molar-refractivity contribution in [3.8, 4) is 0 Å². The highest BCUT2D eigenvalue weighted by Gasteiger charge is 2.50. The average Bonchev–Trinajstić information content (AvgIpc) is 3.30. The molecule has 1 amide bonds. The van der Waals surface area contributed by atoms with Crippen molar-refractivity contribution >= 4 is 27.3 Å². The van der Waals surface area contributed by atoms with Gasteiger partial charge in [0.25, 0.3) is 5.91 Å². The first-order valence-corrected chi connectivity index (χ1v) is 10.5. The van der Waals surface area contributed by atoms with E-state index in [-0.39, 0.29) is 17.9 Å². The number of carbonyl (C=O) groups is 1. The van der Waals surface area contributed by atoms with Gasteiger partial charge in [-0.1, -0.05) is 6.07 Å². The number of fused-ring (bicyclic) bond motifs is 2. The number of hydrogen-bond donors (Lipinski definition) is 1. The second-order valence-corrected chi connectivity index (χ2v) is 9.48. The lowest BCUT2D eigenvalue weighted by Gasteiger charge is -2.32. The van der Waals surface area contributed by atoms with E-state index in [4.69, 9.17) is 0 Å². The van der Waals surface area contributed by atoms with Gasteiger partial charge in [-0.05, 0) is 42.3 Å². The molecule has 2 aliphatic rings. The zero-order chi connectivity index (χ0) is 18.5. The molecule has 1 aromatic carbocycles. The summed E-state index contributed by atoms with van der Waals surface area (Å²) < 4.78 is 53.9. The number of nitrogens with one attached hydrogen (secondary N) is 1. The Hall–Kier alpha value is -1.84. The number of halogens is 2. The van der Waals surface area contributed by atoms with Crippen molar-refractivity contribution in [3.63, 3.8) is 0 Å². The SMILES string of the molecule is O=C(NC1CC2CC1N(S(=O)(=O)c1cc(F)cc(F)c1)C2)c1cccs1. The van der Waals surface area contributed by atoms with Crippen LogP contribution < -0.4 is 5.32 Å². The van der Waals surface area contributed by atoms with Crippen molar-refractivity contribution in [1.82, 2.24) is 9.62 Å². The van der Waals surface area contributed by atoms with E-state index in [1.165, 1.54) is 15.6 Å². The molecule has 1 saturated carbocycles. The van der Waals surface area contributed by atoms with Crippen LogP contribution in [-0.4, -0.2) is 37.3 Å². The van der Waals surface area contributed by atoms with Gasteiger partial charge in [0.1, 0.15) is 11.6 Å². The Balaban J connectivity index is 1.57. The van der Waals surface area contributed by atoms with Gasteiger partial charge in [-0.15, -0.1) is 11.3 Å². The molecule has 1 aromatic heterocycles. The molecule has 0 spiro atoms. The third-order valence-electron chi connectivity index (χ3n) is 4.94. The van der Waals surface area contributed by atoms with E-state index in [2.05, 4.69) is 5.32 Å². The number of carbonyl (C=O) groups excluding carboxylic acids is 1. The highest BCUT2D eigenvalue weighted by Crippen LogP contribution is 2.41. The molecule has 3 atom stereocenters. The van der Waals surface area contributed by atoms with Crippen molar-refractivity contribution in [3.05, 3.63) is 52.2 Å². The summed E-state index contributed by atoms with van der Waals surface area (Å²) in [6.07, 6.45) is 1.33. The molecule has 2 fully saturated rings. The summed E-state index contributed by atoms with van der Waals surface area (Å²) in [5.74, 6) is -1.97. The fourth-order valence-electron chi connectivity index (χ4n) is 3.87. The van der Waals surface area contributed by atoms with Gasteiger partial charge in [0.2, 0.25) is 10.0 Å². The van der Waals surface area contributed by atoms with Gasteiger partial charge in [-0.2, -0.15) is 4.31 Å². The Kier molecular flexibility index (Phi) is 4.32. The minimum absolute atomic E-state index is 0.127. The minimum Gasteiger partial charge on any atom is -0.347 e. The van der Waals surface area contributed by atoms with Crippen LogP contribution >= 0.6 is 11.3 Å². The summed E-state index contributed by atoms with van der Waals surface area (Å²) in [6.45, 7) is 0.302. The normalized spacial score (nSPS) is 25.5. The number of piperidine rings is 1. The van der Waals surface area contributed by atoms with Crippen molar-refractivity contribution in [1.29, 1.82) is 0 Å². The van der Waals surface area contributed by atoms with Crippen LogP contribution in [0.25, 0.3) is 0 Å². The van der Waals surface area contributed by atoms with E-state index in [0.717, 1.165) is 12.1 Å². The predicted octanol–water partition coefficient (Wildman–Crippen LogP) is 2.61. The van der Waals surface area contributed by atoms with E-state index in [1.54, 1.807) is 17.5 Å². The Morgan fingerprint density at radius 2 is 1.92 bits per heavy atom. The maximum Gasteiger partial charge on any atom is 0.261 e. The van der Waals surface area contributed by atoms with Gasteiger partial charge in [0.05, 0.1) is 9.77 Å². The molecule has 0 radical (unpaired) electrons. The first-order valence-electron chi connectivity index (χ1n) is 8.17. The van der Waals surface area contributed by atoms with Crippen LogP contribution in [0.15, 0.2) is 40.6 Å². The van der Waals surface area contributed by atoms with Crippen LogP contribution in [0.3, 0.4) is 0 Å². The molecule has 4 rings (SSSR count). The Morgan fingerprint density at radius 3 is 2.54 bits per heavy atom. The van der Waals surface area contributed by atoms with Crippen LogP contribution in [-0.2, 0) is 10.0 Å². The topological polar surface area (TPSA) is 66.5 Å². The van der Waals surface area contributed by atoms with Crippen LogP contribution in [0, 0.1) is 17.6 Å². The van der Waals surface area contributed by atoms with Crippen LogP contribution in [0.1, 0.15) is 22.5 Å². The molecule has 1 aliphatic heterocycles. The van der Waals surface area contributed by atoms with Gasteiger partial charge in [-0.25, -0.2) is 17.2 Å². The number of amides is 1. The third kappa shape index (κ3) is 3.04. The molecule has 9 heteroatoms. The Morgan fingerprint density at radius 1 is 1.19 bits per heavy atom. The minimum atomic E-state index is -4.03. The summed E-state index contributed by atoms with van der Waals surface area (Å²) in [5.41, 5.74) is 0. The lowest BCUT2D eigenvalue weighted by atomic mass is 10.1. The molecule has 2 heterocycles. The maximum absolute atomic E-state index is 13.5. The standard InChI is InChI=1S/C17H16F2N2O3S2/c18-11-6-12(19)8-13(7-11)26(23,24)21-9-10-4-14(15(21)5-10)20-17(22)16-2-1-3-25-16/h1-3,6-8,10,14-15H,4-5,9H2,(H,20,22). The molecular weight excluding hydrogens is 382 g/mol. The van der Waals surface area contributed by atoms with Crippen molar-refractivity contribution in [2.24, 2.45) is 5.92 Å². The first kappa shape index (κ1) is 17.6. The number of hydrogen-bond acceptors (Lipinski definition) is 4. The summed E-state index contributed by atoms with van der Waals surface area (Å²) in [6, 6.07) is 5.05. The summed E-state index contributed by atoms with van der Waals surface area (Å²) in [4.78, 5) is 12.5. The molecule has 5 nitrogen and oxygen atoms in total. The van der Waals surface area contributed by atoms with Gasteiger partial charge < -0.3 is 5.32 Å². The molecule has 3 unspecified atom stereocenters. The molecule has 1 aliphatic carbocycles. The molecule has 1 saturated heterocycles. The van der Waals surface area contributed by atoms with Gasteiger partial charge in [-0.3, -0.25) is 4.79 Å². The van der Waals surface area contributed by atoms with Crippen molar-refractivity contribution < 1.29 is 22.0 Å². The zero-order valence-electron chi connectivity index (χ0n) is 13.6. The number of benzene rings is 1. The van der Waals surface area contributed by atoms with Crippen LogP contribution in [0.4, 0.5) is 8.78 Å². The van der Waals surface area contributed by atoms with Gasteiger partial charge in [0, 0.05) is 24.7 Å². The fourth-order valence-corrected chi connectivity index (χ4v) is 6.28. The van der Waals surface area contributed by atoms with E-state index in [1.807, 2.05) is 0 Å². The second-order valence-electron chi connectivity index (χ2n) is 6.64. The highest BCUT2D eigenvalue weighted by atomic mass is 32.2. The quantitative estimate of drug-likeness (QED) is 0.861. The molecule has 26 heavy (non-hydrogen) atoms. The zero-order valence-corrected chi connectivity index (χ0v) is 15.2. The summed E-state index contributed by atoms with van der Waals surface area (Å²) >= 11 is 1.31. The third-order valence-corrected chi connectivity index (χ3v) is 7.68. The fraction of sp³-hybridized carbons (Fsp3) is 0.353. The smallest absolute Gasteiger partial charge is 0.261 e. The Bertz CT molecular complexity index is 927. The number of nitrogens with zero attached hydrogens (tertiary/aromatic N) is 1. The lowest BCUT2D eigenvalue weighted by molar-refractivity contribution is 0.0921. The predicted molar refractivity (Wildman–Crippen MR) is 92.3 cm³/mol. The molecule has 138 valence electrons. The van der Waals surface area contributed by atoms with Gasteiger partial charge in [0.15, 0.2) is 0 Å². The van der Waals surface area contributed by atoms with Gasteiger partial charge >= 0.3 is 0 Å². The summed E-state index contributed by atoms with van der Waals surface area (Å²) in [7, 11) is -4.03. The van der Waals surface area contributed by atoms with E-state index in [9.17, 15) is 22.0 Å². The molecule has 2 bridgehead atoms. The van der Waals surface area contributed by atoms with Crippen LogP contribution in [0.2, 0.25) is 0 Å². The lowest BCUT2D eigenvalue weighted by Crippen LogP contribution is -2.51. The Labute approximate surface area is 153 Å². The van der Waals surface area contributed by atoms with E-state index < -0.39 is 32.6 Å². The highest BCUT2D eigenvalue weighted by molar-refractivity contribution is 7.89. The second kappa shape index (κ2) is 6.40. The van der Waals surface area contributed by atoms with Crippen molar-refractivity contribution in [2.75, 3.05) is 6.54 Å². The largest absolute Gasteiger partial charge is 0.347 e. The average molecular weight is 398 g/mol. The van der Waals surface area contributed by atoms with E-state index in [0.29, 0.717) is 30.3 Å². The summed E-state index contributed by atoms with van der Waals surface area (Å²) in [5, 5.41) is 4.70. The van der Waals surface area contributed by atoms with Crippen molar-refractivity contribution in [2.45, 2.75) is 29.8 Å². The molecular formula is C17H16F2N2O3S2. The molecule has 1 N–H and O–H groups in total. The molecule has 2 aromatic rings. The monoisotopic (exact) mass is 398 g/mol. The number of thiophene rings is 1.